The third-order valence-corrected chi connectivity index (χ3v) is 5.73. The van der Waals surface area contributed by atoms with Crippen LogP contribution in [0.4, 0.5) is 18.0 Å². The van der Waals surface area contributed by atoms with E-state index in [1.165, 1.54) is 0 Å². The predicted molar refractivity (Wildman–Crippen MR) is 89.2 cm³/mol. The van der Waals surface area contributed by atoms with Gasteiger partial charge in [0.15, 0.2) is 0 Å². The van der Waals surface area contributed by atoms with Gasteiger partial charge in [-0.3, -0.25) is 15.0 Å². The first-order chi connectivity index (χ1) is 12.7. The molecule has 2 heterocycles. The van der Waals surface area contributed by atoms with Crippen LogP contribution in [-0.4, -0.2) is 59.1 Å². The Balaban J connectivity index is 1.49. The Morgan fingerprint density at radius 3 is 2.56 bits per heavy atom. The van der Waals surface area contributed by atoms with Gasteiger partial charge in [-0.15, -0.1) is 0 Å². The number of carbonyl (C=O) groups is 3. The van der Waals surface area contributed by atoms with Crippen molar-refractivity contribution < 1.29 is 27.6 Å². The van der Waals surface area contributed by atoms with Gasteiger partial charge in [0.2, 0.25) is 5.91 Å². The molecule has 1 unspecified atom stereocenters. The molecule has 1 saturated carbocycles. The van der Waals surface area contributed by atoms with E-state index in [0.717, 1.165) is 24.3 Å². The molecule has 1 atom stereocenters. The molecular weight excluding hydrogens is 365 g/mol. The molecule has 3 rings (SSSR count). The van der Waals surface area contributed by atoms with E-state index < -0.39 is 35.5 Å². The minimum Gasteiger partial charge on any atom is -0.322 e. The summed E-state index contributed by atoms with van der Waals surface area (Å²) in [4.78, 5) is 38.4. The van der Waals surface area contributed by atoms with E-state index in [4.69, 9.17) is 0 Å². The van der Waals surface area contributed by atoms with Crippen molar-refractivity contribution in [1.29, 1.82) is 0 Å². The van der Waals surface area contributed by atoms with Gasteiger partial charge >= 0.3 is 12.2 Å². The summed E-state index contributed by atoms with van der Waals surface area (Å²) in [7, 11) is 0. The minimum absolute atomic E-state index is 0.0748. The number of rotatable bonds is 4. The third-order valence-electron chi connectivity index (χ3n) is 5.73. The second-order valence-electron chi connectivity index (χ2n) is 7.68. The van der Waals surface area contributed by atoms with Crippen molar-refractivity contribution >= 4 is 17.8 Å². The van der Waals surface area contributed by atoms with E-state index in [0.29, 0.717) is 25.8 Å². The molecule has 1 spiro atoms. The van der Waals surface area contributed by atoms with Crippen LogP contribution in [0.5, 0.6) is 0 Å². The number of hydrogen-bond donors (Lipinski definition) is 2. The zero-order chi connectivity index (χ0) is 19.7. The third kappa shape index (κ3) is 4.36. The van der Waals surface area contributed by atoms with Gasteiger partial charge in [-0.1, -0.05) is 19.3 Å². The fourth-order valence-electron chi connectivity index (χ4n) is 4.18. The van der Waals surface area contributed by atoms with Gasteiger partial charge in [0.25, 0.3) is 5.91 Å². The van der Waals surface area contributed by atoms with Crippen LogP contribution < -0.4 is 10.7 Å². The first-order valence-electron chi connectivity index (χ1n) is 9.46. The second kappa shape index (κ2) is 7.65. The van der Waals surface area contributed by atoms with Crippen LogP contribution in [0.1, 0.15) is 51.4 Å². The molecule has 7 nitrogen and oxygen atoms in total. The summed E-state index contributed by atoms with van der Waals surface area (Å²) in [5.74, 6) is -2.37. The number of imide groups is 1. The summed E-state index contributed by atoms with van der Waals surface area (Å²) in [6.07, 6.45) is 0.0212. The summed E-state index contributed by atoms with van der Waals surface area (Å²) in [5, 5.41) is 3.41. The molecule has 1 aliphatic carbocycles. The zero-order valence-corrected chi connectivity index (χ0v) is 15.1. The number of amides is 4. The highest BCUT2D eigenvalue weighted by atomic mass is 19.4. The molecular formula is C17H25F3N4O3. The summed E-state index contributed by atoms with van der Waals surface area (Å²) in [6, 6.07) is -0.648. The Morgan fingerprint density at radius 1 is 1.19 bits per heavy atom. The molecule has 10 heteroatoms. The number of piperidine rings is 1. The molecule has 3 aliphatic rings. The lowest BCUT2D eigenvalue weighted by atomic mass is 9.82. The number of halogens is 3. The Kier molecular flexibility index (Phi) is 5.64. The molecule has 152 valence electrons. The fraction of sp³-hybridized carbons (Fsp3) is 0.824. The maximum Gasteiger partial charge on any atom is 0.393 e. The topological polar surface area (TPSA) is 81.8 Å². The van der Waals surface area contributed by atoms with Gasteiger partial charge < -0.3 is 10.2 Å². The fourth-order valence-corrected chi connectivity index (χ4v) is 4.18. The summed E-state index contributed by atoms with van der Waals surface area (Å²) < 4.78 is 38.5. The van der Waals surface area contributed by atoms with Crippen LogP contribution in [0.15, 0.2) is 0 Å². The maximum atomic E-state index is 12.8. The SMILES string of the molecule is O=C(CCN1CCCC(C(F)(F)F)C1)NN1C(=O)NC2(CCCCC2)C1=O. The van der Waals surface area contributed by atoms with E-state index in [2.05, 4.69) is 10.7 Å². The van der Waals surface area contributed by atoms with Crippen LogP contribution in [0.2, 0.25) is 0 Å². The number of nitrogens with zero attached hydrogens (tertiary/aromatic N) is 2. The highest BCUT2D eigenvalue weighted by Crippen LogP contribution is 2.34. The lowest BCUT2D eigenvalue weighted by molar-refractivity contribution is -0.186. The molecule has 2 saturated heterocycles. The number of likely N-dealkylation sites (tertiary alicyclic amines) is 1. The van der Waals surface area contributed by atoms with Crippen LogP contribution >= 0.6 is 0 Å². The molecule has 27 heavy (non-hydrogen) atoms. The minimum atomic E-state index is -4.23. The molecule has 2 aliphatic heterocycles. The lowest BCUT2D eigenvalue weighted by Crippen LogP contribution is -2.51. The smallest absolute Gasteiger partial charge is 0.322 e. The largest absolute Gasteiger partial charge is 0.393 e. The molecule has 0 bridgehead atoms. The Bertz CT molecular complexity index is 605. The number of nitrogens with one attached hydrogen (secondary N) is 2. The highest BCUT2D eigenvalue weighted by Gasteiger charge is 2.52. The van der Waals surface area contributed by atoms with Crippen molar-refractivity contribution in [3.05, 3.63) is 0 Å². The Hall–Kier alpha value is -1.84. The van der Waals surface area contributed by atoms with Crippen molar-refractivity contribution in [2.75, 3.05) is 19.6 Å². The average Bonchev–Trinajstić information content (AvgIpc) is 2.84. The molecule has 4 amide bonds. The quantitative estimate of drug-likeness (QED) is 0.719. The van der Waals surface area contributed by atoms with E-state index in [1.807, 2.05) is 0 Å². The van der Waals surface area contributed by atoms with Crippen molar-refractivity contribution in [1.82, 2.24) is 20.7 Å². The molecule has 0 aromatic carbocycles. The maximum absolute atomic E-state index is 12.8. The summed E-state index contributed by atoms with van der Waals surface area (Å²) in [5.41, 5.74) is 1.39. The number of alkyl halides is 3. The van der Waals surface area contributed by atoms with E-state index in [1.54, 1.807) is 4.90 Å². The van der Waals surface area contributed by atoms with Crippen molar-refractivity contribution in [2.45, 2.75) is 63.1 Å². The number of hydrazine groups is 1. The zero-order valence-electron chi connectivity index (χ0n) is 15.1. The van der Waals surface area contributed by atoms with Gasteiger partial charge in [0.1, 0.15) is 5.54 Å². The van der Waals surface area contributed by atoms with Crippen molar-refractivity contribution in [3.8, 4) is 0 Å². The standard InChI is InChI=1S/C17H25F3N4O3/c18-17(19,20)12-5-4-9-23(11-12)10-6-13(25)22-24-14(26)16(21-15(24)27)7-2-1-3-8-16/h12H,1-11H2,(H,21,27)(H,22,25). The first-order valence-corrected chi connectivity index (χ1v) is 9.46. The van der Waals surface area contributed by atoms with Crippen molar-refractivity contribution in [2.24, 2.45) is 5.92 Å². The Morgan fingerprint density at radius 2 is 1.89 bits per heavy atom. The van der Waals surface area contributed by atoms with Crippen LogP contribution in [0.3, 0.4) is 0 Å². The molecule has 0 radical (unpaired) electrons. The normalized spacial score (nSPS) is 26.3. The number of urea groups is 1. The lowest BCUT2D eigenvalue weighted by Gasteiger charge is -2.33. The van der Waals surface area contributed by atoms with Crippen LogP contribution in [0.25, 0.3) is 0 Å². The highest BCUT2D eigenvalue weighted by molar-refractivity contribution is 6.07. The van der Waals surface area contributed by atoms with E-state index in [-0.39, 0.29) is 25.9 Å². The predicted octanol–water partition coefficient (Wildman–Crippen LogP) is 1.94. The molecule has 0 aromatic heterocycles. The molecule has 0 aromatic rings. The summed E-state index contributed by atoms with van der Waals surface area (Å²) in [6.45, 7) is 0.544. The monoisotopic (exact) mass is 390 g/mol. The van der Waals surface area contributed by atoms with Gasteiger partial charge in [-0.25, -0.2) is 4.79 Å². The van der Waals surface area contributed by atoms with Gasteiger partial charge in [0, 0.05) is 19.5 Å². The average molecular weight is 390 g/mol. The molecule has 2 N–H and O–H groups in total. The van der Waals surface area contributed by atoms with Crippen molar-refractivity contribution in [3.63, 3.8) is 0 Å². The van der Waals surface area contributed by atoms with Gasteiger partial charge in [-0.2, -0.15) is 18.2 Å². The summed E-state index contributed by atoms with van der Waals surface area (Å²) >= 11 is 0. The number of hydrogen-bond acceptors (Lipinski definition) is 4. The van der Waals surface area contributed by atoms with E-state index >= 15 is 0 Å². The number of carbonyl (C=O) groups excluding carboxylic acids is 3. The van der Waals surface area contributed by atoms with E-state index in [9.17, 15) is 27.6 Å². The van der Waals surface area contributed by atoms with Gasteiger partial charge in [0.05, 0.1) is 5.92 Å². The van der Waals surface area contributed by atoms with Gasteiger partial charge in [-0.05, 0) is 32.2 Å². The van der Waals surface area contributed by atoms with Crippen LogP contribution in [0, 0.1) is 5.92 Å². The Labute approximate surface area is 155 Å². The van der Waals surface area contributed by atoms with Crippen LogP contribution in [-0.2, 0) is 9.59 Å². The first kappa shape index (κ1) is 19.9. The molecule has 3 fully saturated rings. The second-order valence-corrected chi connectivity index (χ2v) is 7.68.